The van der Waals surface area contributed by atoms with Crippen LogP contribution in [0.3, 0.4) is 0 Å². The average Bonchev–Trinajstić information content (AvgIpc) is 2.73. The molecule has 0 spiro atoms. The first-order valence-corrected chi connectivity index (χ1v) is 8.11. The van der Waals surface area contributed by atoms with Crippen LogP contribution in [0.4, 0.5) is 0 Å². The normalized spacial score (nSPS) is 12.0. The van der Waals surface area contributed by atoms with E-state index < -0.39 is 0 Å². The first kappa shape index (κ1) is 16.3. The molecule has 3 nitrogen and oxygen atoms in total. The van der Waals surface area contributed by atoms with Gasteiger partial charge in [-0.25, -0.2) is 0 Å². The fourth-order valence-corrected chi connectivity index (χ4v) is 3.35. The van der Waals surface area contributed by atoms with Crippen LogP contribution in [-0.4, -0.2) is 29.2 Å². The highest BCUT2D eigenvalue weighted by Crippen LogP contribution is 2.33. The van der Waals surface area contributed by atoms with Crippen LogP contribution in [0.1, 0.15) is 11.3 Å². The van der Waals surface area contributed by atoms with E-state index in [0.717, 1.165) is 26.7 Å². The summed E-state index contributed by atoms with van der Waals surface area (Å²) in [4.78, 5) is 2.98. The summed E-state index contributed by atoms with van der Waals surface area (Å²) in [5, 5.41) is 10.4. The summed E-state index contributed by atoms with van der Waals surface area (Å²) in [6.45, 7) is 5.93. The van der Waals surface area contributed by atoms with Crippen LogP contribution < -0.4 is 10.6 Å². The highest BCUT2D eigenvalue weighted by atomic mass is 35.5. The lowest BCUT2D eigenvalue weighted by Crippen LogP contribution is -2.26. The van der Waals surface area contributed by atoms with Gasteiger partial charge in [-0.2, -0.15) is 5.10 Å². The molecule has 6 heteroatoms. The second-order valence-electron chi connectivity index (χ2n) is 4.98. The molecule has 2 aromatic rings. The number of hydrogen-bond donors (Lipinski definition) is 1. The molecular formula is C15H17Cl2N3S. The molecule has 1 aromatic carbocycles. The maximum Gasteiger partial charge on any atom is 0.0817 e. The summed E-state index contributed by atoms with van der Waals surface area (Å²) in [6, 6.07) is 3.79. The van der Waals surface area contributed by atoms with Gasteiger partial charge in [-0.3, -0.25) is 5.10 Å². The quantitative estimate of drug-likeness (QED) is 0.867. The standard InChI is InChI=1S/C15H17Cl2N3S/c1-9-5-15(13(17)6-12(9)16)21-8-14-11(7-20(3)4)10(2)18-19-14/h5-7,18H,2,8H2,1,3-4H3. The van der Waals surface area contributed by atoms with Gasteiger partial charge in [0.1, 0.15) is 0 Å². The number of H-pyrrole nitrogens is 1. The molecule has 0 saturated heterocycles. The lowest BCUT2D eigenvalue weighted by molar-refractivity contribution is 0.613. The number of benzene rings is 1. The lowest BCUT2D eigenvalue weighted by atomic mass is 10.2. The fraction of sp³-hybridized carbons (Fsp3) is 0.267. The average molecular weight is 342 g/mol. The van der Waals surface area contributed by atoms with E-state index >= 15 is 0 Å². The van der Waals surface area contributed by atoms with Gasteiger partial charge < -0.3 is 4.90 Å². The molecule has 0 saturated carbocycles. The fourth-order valence-electron chi connectivity index (χ4n) is 1.84. The van der Waals surface area contributed by atoms with Gasteiger partial charge in [-0.15, -0.1) is 11.8 Å². The number of aromatic nitrogens is 2. The molecule has 0 aliphatic carbocycles. The van der Waals surface area contributed by atoms with Crippen molar-refractivity contribution < 1.29 is 0 Å². The van der Waals surface area contributed by atoms with Crippen molar-refractivity contribution in [2.24, 2.45) is 0 Å². The van der Waals surface area contributed by atoms with Gasteiger partial charge in [0, 0.05) is 41.2 Å². The van der Waals surface area contributed by atoms with E-state index in [-0.39, 0.29) is 0 Å². The number of aryl methyl sites for hydroxylation is 1. The van der Waals surface area contributed by atoms with Gasteiger partial charge in [0.25, 0.3) is 0 Å². The van der Waals surface area contributed by atoms with Crippen LogP contribution in [0.25, 0.3) is 12.8 Å². The van der Waals surface area contributed by atoms with E-state index in [1.807, 2.05) is 38.2 Å². The monoisotopic (exact) mass is 341 g/mol. The molecule has 112 valence electrons. The number of hydrogen-bond acceptors (Lipinski definition) is 3. The molecule has 21 heavy (non-hydrogen) atoms. The first-order chi connectivity index (χ1) is 9.88. The van der Waals surface area contributed by atoms with Crippen LogP contribution in [0.15, 0.2) is 17.0 Å². The highest BCUT2D eigenvalue weighted by molar-refractivity contribution is 7.98. The van der Waals surface area contributed by atoms with Crippen molar-refractivity contribution in [3.63, 3.8) is 0 Å². The Morgan fingerprint density at radius 3 is 2.71 bits per heavy atom. The molecule has 1 heterocycles. The van der Waals surface area contributed by atoms with E-state index in [1.165, 1.54) is 0 Å². The predicted molar refractivity (Wildman–Crippen MR) is 92.3 cm³/mol. The molecule has 0 radical (unpaired) electrons. The van der Waals surface area contributed by atoms with E-state index in [4.69, 9.17) is 23.2 Å². The molecule has 0 atom stereocenters. The molecule has 1 N–H and O–H groups in total. The number of nitrogens with one attached hydrogen (secondary N) is 1. The Morgan fingerprint density at radius 2 is 2.05 bits per heavy atom. The molecule has 0 aliphatic heterocycles. The third-order valence-corrected chi connectivity index (χ3v) is 4.83. The largest absolute Gasteiger partial charge is 0.383 e. The van der Waals surface area contributed by atoms with Gasteiger partial charge in [0.05, 0.1) is 16.1 Å². The van der Waals surface area contributed by atoms with Gasteiger partial charge in [-0.05, 0) is 24.6 Å². The zero-order valence-electron chi connectivity index (χ0n) is 12.2. The molecule has 0 aliphatic rings. The van der Waals surface area contributed by atoms with Gasteiger partial charge in [0.2, 0.25) is 0 Å². The summed E-state index contributed by atoms with van der Waals surface area (Å²) in [6.07, 6.45) is 2.01. The van der Waals surface area contributed by atoms with Gasteiger partial charge >= 0.3 is 0 Å². The van der Waals surface area contributed by atoms with Gasteiger partial charge in [-0.1, -0.05) is 29.8 Å². The van der Waals surface area contributed by atoms with E-state index in [2.05, 4.69) is 16.8 Å². The Hall–Kier alpha value is -1.10. The lowest BCUT2D eigenvalue weighted by Gasteiger charge is -2.07. The van der Waals surface area contributed by atoms with Crippen LogP contribution in [0.5, 0.6) is 0 Å². The van der Waals surface area contributed by atoms with Crippen molar-refractivity contribution in [2.75, 3.05) is 14.1 Å². The van der Waals surface area contributed by atoms with Crippen molar-refractivity contribution in [3.05, 3.63) is 44.0 Å². The van der Waals surface area contributed by atoms with Crippen LogP contribution in [0.2, 0.25) is 10.0 Å². The zero-order valence-corrected chi connectivity index (χ0v) is 14.5. The second-order valence-corrected chi connectivity index (χ2v) is 6.81. The Bertz CT molecular complexity index is 753. The van der Waals surface area contributed by atoms with Crippen LogP contribution in [-0.2, 0) is 5.75 Å². The third-order valence-electron chi connectivity index (χ3n) is 2.93. The van der Waals surface area contributed by atoms with Crippen molar-refractivity contribution in [1.29, 1.82) is 0 Å². The van der Waals surface area contributed by atoms with Crippen LogP contribution in [0, 0.1) is 6.92 Å². The van der Waals surface area contributed by atoms with Crippen molar-refractivity contribution in [2.45, 2.75) is 17.6 Å². The Morgan fingerprint density at radius 1 is 1.33 bits per heavy atom. The maximum atomic E-state index is 6.24. The summed E-state index contributed by atoms with van der Waals surface area (Å²) in [5.74, 6) is 0.715. The van der Waals surface area contributed by atoms with Crippen molar-refractivity contribution in [3.8, 4) is 0 Å². The third kappa shape index (κ3) is 3.96. The van der Waals surface area contributed by atoms with Gasteiger partial charge in [0.15, 0.2) is 0 Å². The molecular weight excluding hydrogens is 325 g/mol. The summed E-state index contributed by atoms with van der Waals surface area (Å²) >= 11 is 13.9. The molecule has 2 rings (SSSR count). The summed E-state index contributed by atoms with van der Waals surface area (Å²) < 4.78 is 0. The highest BCUT2D eigenvalue weighted by Gasteiger charge is 2.08. The van der Waals surface area contributed by atoms with E-state index in [1.54, 1.807) is 17.8 Å². The zero-order chi connectivity index (χ0) is 15.6. The first-order valence-electron chi connectivity index (χ1n) is 6.37. The molecule has 1 aromatic heterocycles. The SMILES string of the molecule is C=c1[nH]nc(CSc2cc(C)c(Cl)cc2Cl)c1=CN(C)C. The number of thioether (sulfide) groups is 1. The van der Waals surface area contributed by atoms with Crippen LogP contribution >= 0.6 is 35.0 Å². The minimum Gasteiger partial charge on any atom is -0.383 e. The van der Waals surface area contributed by atoms with E-state index in [0.29, 0.717) is 15.8 Å². The molecule has 0 fully saturated rings. The summed E-state index contributed by atoms with van der Waals surface area (Å²) in [7, 11) is 3.95. The molecule has 0 bridgehead atoms. The smallest absolute Gasteiger partial charge is 0.0817 e. The summed E-state index contributed by atoms with van der Waals surface area (Å²) in [5.41, 5.74) is 1.98. The second kappa shape index (κ2) is 6.77. The Balaban J connectivity index is 2.26. The number of halogens is 2. The molecule has 0 amide bonds. The minimum absolute atomic E-state index is 0.666. The van der Waals surface area contributed by atoms with Crippen molar-refractivity contribution in [1.82, 2.24) is 15.1 Å². The Labute approximate surface area is 138 Å². The maximum absolute atomic E-state index is 6.24. The predicted octanol–water partition coefficient (Wildman–Crippen LogP) is 3.03. The van der Waals surface area contributed by atoms with E-state index in [9.17, 15) is 0 Å². The molecule has 0 unspecified atom stereocenters. The Kier molecular flexibility index (Phi) is 5.25. The topological polar surface area (TPSA) is 31.9 Å². The number of nitrogens with zero attached hydrogens (tertiary/aromatic N) is 2. The number of aromatic amines is 1. The van der Waals surface area contributed by atoms with Crippen molar-refractivity contribution >= 4 is 47.7 Å². The minimum atomic E-state index is 0.666. The number of rotatable bonds is 4.